The predicted molar refractivity (Wildman–Crippen MR) is 83.1 cm³/mol. The van der Waals surface area contributed by atoms with Crippen LogP contribution in [0.3, 0.4) is 0 Å². The molecule has 3 aromatic rings. The largest absolute Gasteiger partial charge is 0.399 e. The van der Waals surface area contributed by atoms with Gasteiger partial charge in [0.25, 0.3) is 10.0 Å². The highest BCUT2D eigenvalue weighted by Gasteiger charge is 2.18. The van der Waals surface area contributed by atoms with E-state index in [1.807, 2.05) is 12.1 Å². The van der Waals surface area contributed by atoms with Gasteiger partial charge >= 0.3 is 0 Å². The molecule has 0 fully saturated rings. The van der Waals surface area contributed by atoms with Crippen molar-refractivity contribution in [2.24, 2.45) is 0 Å². The lowest BCUT2D eigenvalue weighted by atomic mass is 10.3. The topological polar surface area (TPSA) is 65.1 Å². The van der Waals surface area contributed by atoms with Crippen molar-refractivity contribution in [3.05, 3.63) is 59.2 Å². The van der Waals surface area contributed by atoms with Gasteiger partial charge in [-0.05, 0) is 42.5 Å². The van der Waals surface area contributed by atoms with Crippen LogP contribution in [0.4, 0.5) is 5.69 Å². The predicted octanol–water partition coefficient (Wildman–Crippen LogP) is 3.22. The third kappa shape index (κ3) is 2.10. The molecule has 1 heterocycles. The molecule has 0 atom stereocenters. The summed E-state index contributed by atoms with van der Waals surface area (Å²) >= 11 is 3.37. The van der Waals surface area contributed by atoms with E-state index in [4.69, 9.17) is 5.73 Å². The number of nitrogens with zero attached hydrogens (tertiary/aromatic N) is 1. The highest BCUT2D eigenvalue weighted by atomic mass is 79.9. The van der Waals surface area contributed by atoms with E-state index in [2.05, 4.69) is 15.9 Å². The Morgan fingerprint density at radius 2 is 1.85 bits per heavy atom. The summed E-state index contributed by atoms with van der Waals surface area (Å²) in [6, 6.07) is 13.5. The first-order valence-corrected chi connectivity index (χ1v) is 8.09. The Morgan fingerprint density at radius 3 is 2.60 bits per heavy atom. The number of benzene rings is 2. The van der Waals surface area contributed by atoms with Crippen LogP contribution in [-0.2, 0) is 10.0 Å². The van der Waals surface area contributed by atoms with E-state index in [1.165, 1.54) is 16.1 Å². The molecule has 20 heavy (non-hydrogen) atoms. The molecule has 0 amide bonds. The zero-order valence-corrected chi connectivity index (χ0v) is 12.7. The number of halogens is 1. The Bertz CT molecular complexity index is 900. The highest BCUT2D eigenvalue weighted by Crippen LogP contribution is 2.25. The number of hydrogen-bond donors (Lipinski definition) is 1. The van der Waals surface area contributed by atoms with Crippen molar-refractivity contribution in [1.29, 1.82) is 0 Å². The van der Waals surface area contributed by atoms with Crippen molar-refractivity contribution in [1.82, 2.24) is 3.97 Å². The molecule has 0 aliphatic rings. The van der Waals surface area contributed by atoms with Gasteiger partial charge in [0.15, 0.2) is 0 Å². The fourth-order valence-electron chi connectivity index (χ4n) is 2.09. The lowest BCUT2D eigenvalue weighted by molar-refractivity contribution is 0.589. The summed E-state index contributed by atoms with van der Waals surface area (Å²) in [5.74, 6) is 0. The molecule has 0 radical (unpaired) electrons. The molecule has 0 spiro atoms. The molecule has 4 nitrogen and oxygen atoms in total. The van der Waals surface area contributed by atoms with Gasteiger partial charge in [-0.3, -0.25) is 0 Å². The second-order valence-electron chi connectivity index (χ2n) is 4.39. The van der Waals surface area contributed by atoms with Crippen molar-refractivity contribution in [3.63, 3.8) is 0 Å². The van der Waals surface area contributed by atoms with E-state index >= 15 is 0 Å². The fraction of sp³-hybridized carbons (Fsp3) is 0. The third-order valence-corrected chi connectivity index (χ3v) is 5.21. The van der Waals surface area contributed by atoms with Crippen LogP contribution in [0.25, 0.3) is 10.9 Å². The summed E-state index contributed by atoms with van der Waals surface area (Å²) in [7, 11) is -3.64. The molecule has 0 bridgehead atoms. The van der Waals surface area contributed by atoms with Crippen LogP contribution in [0, 0.1) is 0 Å². The minimum atomic E-state index is -3.64. The molecule has 0 aliphatic heterocycles. The van der Waals surface area contributed by atoms with E-state index in [0.717, 1.165) is 9.86 Å². The van der Waals surface area contributed by atoms with E-state index in [1.54, 1.807) is 30.5 Å². The lowest BCUT2D eigenvalue weighted by Crippen LogP contribution is -2.11. The Kier molecular flexibility index (Phi) is 3.07. The van der Waals surface area contributed by atoms with E-state index < -0.39 is 10.0 Å². The number of hydrogen-bond acceptors (Lipinski definition) is 3. The quantitative estimate of drug-likeness (QED) is 0.721. The zero-order chi connectivity index (χ0) is 14.3. The molecule has 102 valence electrons. The first-order valence-electron chi connectivity index (χ1n) is 5.86. The number of rotatable bonds is 2. The Labute approximate surface area is 125 Å². The average molecular weight is 351 g/mol. The monoisotopic (exact) mass is 350 g/mol. The highest BCUT2D eigenvalue weighted by molar-refractivity contribution is 9.10. The molecule has 3 rings (SSSR count). The third-order valence-electron chi connectivity index (χ3n) is 3.03. The van der Waals surface area contributed by atoms with Gasteiger partial charge in [0.1, 0.15) is 0 Å². The lowest BCUT2D eigenvalue weighted by Gasteiger charge is -2.08. The molecular formula is C14H11BrN2O2S. The normalized spacial score (nSPS) is 11.8. The summed E-state index contributed by atoms with van der Waals surface area (Å²) in [5.41, 5.74) is 6.72. The van der Waals surface area contributed by atoms with Crippen LogP contribution in [0.1, 0.15) is 0 Å². The van der Waals surface area contributed by atoms with Crippen LogP contribution in [-0.4, -0.2) is 12.4 Å². The number of fused-ring (bicyclic) bond motifs is 1. The maximum Gasteiger partial charge on any atom is 0.268 e. The minimum absolute atomic E-state index is 0.179. The van der Waals surface area contributed by atoms with Crippen LogP contribution < -0.4 is 5.73 Å². The molecule has 2 N–H and O–H groups in total. The number of aromatic nitrogens is 1. The smallest absolute Gasteiger partial charge is 0.268 e. The zero-order valence-electron chi connectivity index (χ0n) is 10.3. The van der Waals surface area contributed by atoms with Crippen LogP contribution >= 0.6 is 15.9 Å². The number of nitrogen functional groups attached to an aromatic ring is 1. The first kappa shape index (κ1) is 13.2. The number of anilines is 1. The van der Waals surface area contributed by atoms with Gasteiger partial charge < -0.3 is 5.73 Å². The summed E-state index contributed by atoms with van der Waals surface area (Å²) in [4.78, 5) is 0.179. The molecular weight excluding hydrogens is 340 g/mol. The van der Waals surface area contributed by atoms with E-state index in [0.29, 0.717) is 11.2 Å². The molecule has 0 unspecified atom stereocenters. The molecule has 2 aromatic carbocycles. The number of nitrogens with two attached hydrogens (primary N) is 1. The van der Waals surface area contributed by atoms with E-state index in [9.17, 15) is 8.42 Å². The van der Waals surface area contributed by atoms with Crippen LogP contribution in [0.5, 0.6) is 0 Å². The first-order chi connectivity index (χ1) is 9.48. The molecule has 6 heteroatoms. The van der Waals surface area contributed by atoms with Gasteiger partial charge in [-0.1, -0.05) is 22.0 Å². The summed E-state index contributed by atoms with van der Waals surface area (Å²) in [5, 5.41) is 0.854. The van der Waals surface area contributed by atoms with Crippen molar-refractivity contribution in [2.75, 3.05) is 5.73 Å². The SMILES string of the molecule is Nc1cccc(S(=O)(=O)n2ccc3cc(Br)ccc32)c1. The summed E-state index contributed by atoms with van der Waals surface area (Å²) in [6.07, 6.45) is 1.55. The van der Waals surface area contributed by atoms with Crippen molar-refractivity contribution in [2.45, 2.75) is 4.90 Å². The minimum Gasteiger partial charge on any atom is -0.399 e. The molecule has 1 aromatic heterocycles. The Morgan fingerprint density at radius 1 is 1.05 bits per heavy atom. The van der Waals surface area contributed by atoms with Crippen molar-refractivity contribution >= 4 is 42.5 Å². The Hall–Kier alpha value is -1.79. The second kappa shape index (κ2) is 4.64. The molecule has 0 saturated heterocycles. The second-order valence-corrected chi connectivity index (χ2v) is 7.12. The maximum atomic E-state index is 12.6. The van der Waals surface area contributed by atoms with Gasteiger partial charge in [0.2, 0.25) is 0 Å². The maximum absolute atomic E-state index is 12.6. The Balaban J connectivity index is 2.24. The standard InChI is InChI=1S/C14H11BrN2O2S/c15-11-4-5-14-10(8-11)6-7-17(14)20(18,19)13-3-1-2-12(16)9-13/h1-9H,16H2. The molecule has 0 aliphatic carbocycles. The van der Waals surface area contributed by atoms with Crippen molar-refractivity contribution in [3.8, 4) is 0 Å². The van der Waals surface area contributed by atoms with Crippen LogP contribution in [0.15, 0.2) is 64.1 Å². The summed E-state index contributed by atoms with van der Waals surface area (Å²) in [6.45, 7) is 0. The fourth-order valence-corrected chi connectivity index (χ4v) is 3.87. The van der Waals surface area contributed by atoms with Crippen LogP contribution in [0.2, 0.25) is 0 Å². The van der Waals surface area contributed by atoms with Gasteiger partial charge in [0.05, 0.1) is 10.4 Å². The van der Waals surface area contributed by atoms with E-state index in [-0.39, 0.29) is 4.90 Å². The van der Waals surface area contributed by atoms with Gasteiger partial charge in [0, 0.05) is 21.7 Å². The molecule has 0 saturated carbocycles. The van der Waals surface area contributed by atoms with Gasteiger partial charge in [-0.2, -0.15) is 0 Å². The summed E-state index contributed by atoms with van der Waals surface area (Å²) < 4.78 is 27.5. The van der Waals surface area contributed by atoms with Gasteiger partial charge in [-0.15, -0.1) is 0 Å². The van der Waals surface area contributed by atoms with Gasteiger partial charge in [-0.25, -0.2) is 12.4 Å². The van der Waals surface area contributed by atoms with Crippen molar-refractivity contribution < 1.29 is 8.42 Å². The average Bonchev–Trinajstić information content (AvgIpc) is 2.82.